The minimum Gasteiger partial charge on any atom is -0.354 e. The predicted octanol–water partition coefficient (Wildman–Crippen LogP) is 3.64. The number of amides is 1. The summed E-state index contributed by atoms with van der Waals surface area (Å²) in [5, 5.41) is 9.18. The van der Waals surface area contributed by atoms with Crippen molar-refractivity contribution in [1.82, 2.24) is 9.97 Å². The van der Waals surface area contributed by atoms with Crippen LogP contribution in [0.5, 0.6) is 0 Å². The van der Waals surface area contributed by atoms with E-state index in [2.05, 4.69) is 39.8 Å². The van der Waals surface area contributed by atoms with Crippen LogP contribution in [-0.4, -0.2) is 22.4 Å². The molecule has 1 amide bonds. The van der Waals surface area contributed by atoms with E-state index in [1.807, 2.05) is 30.3 Å². The Balaban J connectivity index is 1.95. The largest absolute Gasteiger partial charge is 0.354 e. The SMILES string of the molecule is CC(=O)Nc1ccc(Nc2ccnc(NCCC(C)C)n2)cc1. The van der Waals surface area contributed by atoms with Crippen molar-refractivity contribution in [1.29, 1.82) is 0 Å². The number of nitrogens with zero attached hydrogens (tertiary/aromatic N) is 2. The summed E-state index contributed by atoms with van der Waals surface area (Å²) in [7, 11) is 0. The third-order valence-corrected chi connectivity index (χ3v) is 3.14. The van der Waals surface area contributed by atoms with Crippen molar-refractivity contribution >= 4 is 29.0 Å². The van der Waals surface area contributed by atoms with E-state index in [1.54, 1.807) is 6.20 Å². The van der Waals surface area contributed by atoms with Gasteiger partial charge in [0.05, 0.1) is 0 Å². The third kappa shape index (κ3) is 5.94. The van der Waals surface area contributed by atoms with Crippen LogP contribution in [0.2, 0.25) is 0 Å². The van der Waals surface area contributed by atoms with Gasteiger partial charge in [0.1, 0.15) is 5.82 Å². The van der Waals surface area contributed by atoms with Crippen LogP contribution in [0.25, 0.3) is 0 Å². The van der Waals surface area contributed by atoms with Gasteiger partial charge in [-0.2, -0.15) is 4.98 Å². The Bertz CT molecular complexity index is 640. The second-order valence-electron chi connectivity index (χ2n) is 5.76. The van der Waals surface area contributed by atoms with E-state index < -0.39 is 0 Å². The van der Waals surface area contributed by atoms with E-state index in [0.717, 1.165) is 30.2 Å². The maximum Gasteiger partial charge on any atom is 0.224 e. The lowest BCUT2D eigenvalue weighted by Gasteiger charge is -2.10. The van der Waals surface area contributed by atoms with Crippen molar-refractivity contribution < 1.29 is 4.79 Å². The first-order valence-electron chi connectivity index (χ1n) is 7.74. The summed E-state index contributed by atoms with van der Waals surface area (Å²) in [6.07, 6.45) is 2.80. The predicted molar refractivity (Wildman–Crippen MR) is 94.0 cm³/mol. The van der Waals surface area contributed by atoms with Crippen LogP contribution < -0.4 is 16.0 Å². The quantitative estimate of drug-likeness (QED) is 0.727. The van der Waals surface area contributed by atoms with Gasteiger partial charge in [0, 0.05) is 31.0 Å². The number of carbonyl (C=O) groups excluding carboxylic acids is 1. The maximum atomic E-state index is 11.0. The molecule has 23 heavy (non-hydrogen) atoms. The lowest BCUT2D eigenvalue weighted by Crippen LogP contribution is -2.08. The molecular formula is C17H23N5O. The van der Waals surface area contributed by atoms with Crippen molar-refractivity contribution in [2.75, 3.05) is 22.5 Å². The van der Waals surface area contributed by atoms with Crippen molar-refractivity contribution in [3.63, 3.8) is 0 Å². The lowest BCUT2D eigenvalue weighted by atomic mass is 10.1. The van der Waals surface area contributed by atoms with Crippen LogP contribution in [0.3, 0.4) is 0 Å². The smallest absolute Gasteiger partial charge is 0.224 e. The number of hydrogen-bond donors (Lipinski definition) is 3. The Morgan fingerprint density at radius 2 is 1.83 bits per heavy atom. The molecule has 0 radical (unpaired) electrons. The number of aromatic nitrogens is 2. The average molecular weight is 313 g/mol. The Morgan fingerprint density at radius 3 is 2.48 bits per heavy atom. The van der Waals surface area contributed by atoms with E-state index in [1.165, 1.54) is 6.92 Å². The van der Waals surface area contributed by atoms with Gasteiger partial charge in [-0.1, -0.05) is 13.8 Å². The molecule has 6 heteroatoms. The minimum atomic E-state index is -0.0846. The molecular weight excluding hydrogens is 290 g/mol. The molecule has 0 saturated carbocycles. The fourth-order valence-corrected chi connectivity index (χ4v) is 1.97. The maximum absolute atomic E-state index is 11.0. The molecule has 1 aromatic carbocycles. The first kappa shape index (κ1) is 16.7. The highest BCUT2D eigenvalue weighted by Gasteiger charge is 2.01. The van der Waals surface area contributed by atoms with Crippen molar-refractivity contribution in [3.05, 3.63) is 36.5 Å². The molecule has 1 heterocycles. The molecule has 0 unspecified atom stereocenters. The zero-order chi connectivity index (χ0) is 16.7. The summed E-state index contributed by atoms with van der Waals surface area (Å²) in [6, 6.07) is 9.27. The summed E-state index contributed by atoms with van der Waals surface area (Å²) >= 11 is 0. The molecule has 0 aliphatic heterocycles. The van der Waals surface area contributed by atoms with Gasteiger partial charge in [-0.25, -0.2) is 4.98 Å². The second-order valence-corrected chi connectivity index (χ2v) is 5.76. The third-order valence-electron chi connectivity index (χ3n) is 3.14. The molecule has 1 aromatic heterocycles. The molecule has 0 saturated heterocycles. The average Bonchev–Trinajstić information content (AvgIpc) is 2.49. The Labute approximate surface area is 136 Å². The van der Waals surface area contributed by atoms with Crippen LogP contribution in [0.15, 0.2) is 36.5 Å². The van der Waals surface area contributed by atoms with Gasteiger partial charge in [-0.3, -0.25) is 4.79 Å². The second kappa shape index (κ2) is 8.12. The Kier molecular flexibility index (Phi) is 5.91. The monoisotopic (exact) mass is 313 g/mol. The summed E-state index contributed by atoms with van der Waals surface area (Å²) in [6.45, 7) is 6.71. The van der Waals surface area contributed by atoms with Crippen molar-refractivity contribution in [2.24, 2.45) is 5.92 Å². The molecule has 0 spiro atoms. The molecule has 0 atom stereocenters. The molecule has 0 aliphatic rings. The van der Waals surface area contributed by atoms with Gasteiger partial charge in [0.25, 0.3) is 0 Å². The molecule has 0 aliphatic carbocycles. The fraction of sp³-hybridized carbons (Fsp3) is 0.353. The van der Waals surface area contributed by atoms with Crippen LogP contribution in [0.4, 0.5) is 23.1 Å². The van der Waals surface area contributed by atoms with Gasteiger partial charge in [0.2, 0.25) is 11.9 Å². The normalized spacial score (nSPS) is 10.4. The zero-order valence-electron chi connectivity index (χ0n) is 13.8. The summed E-state index contributed by atoms with van der Waals surface area (Å²) in [5.41, 5.74) is 1.66. The highest BCUT2D eigenvalue weighted by molar-refractivity contribution is 5.88. The zero-order valence-corrected chi connectivity index (χ0v) is 13.8. The molecule has 3 N–H and O–H groups in total. The molecule has 122 valence electrons. The topological polar surface area (TPSA) is 78.9 Å². The number of nitrogens with one attached hydrogen (secondary N) is 3. The highest BCUT2D eigenvalue weighted by atomic mass is 16.1. The van der Waals surface area contributed by atoms with Crippen molar-refractivity contribution in [2.45, 2.75) is 27.2 Å². The Morgan fingerprint density at radius 1 is 1.13 bits per heavy atom. The van der Waals surface area contributed by atoms with Gasteiger partial charge in [0.15, 0.2) is 0 Å². The fourth-order valence-electron chi connectivity index (χ4n) is 1.97. The molecule has 2 rings (SSSR count). The van der Waals surface area contributed by atoms with E-state index in [4.69, 9.17) is 0 Å². The van der Waals surface area contributed by atoms with E-state index in [9.17, 15) is 4.79 Å². The molecule has 0 fully saturated rings. The van der Waals surface area contributed by atoms with Crippen LogP contribution in [0.1, 0.15) is 27.2 Å². The number of rotatable bonds is 7. The first-order chi connectivity index (χ1) is 11.0. The lowest BCUT2D eigenvalue weighted by molar-refractivity contribution is -0.114. The minimum absolute atomic E-state index is 0.0846. The summed E-state index contributed by atoms with van der Waals surface area (Å²) in [5.74, 6) is 1.90. The van der Waals surface area contributed by atoms with E-state index >= 15 is 0 Å². The molecule has 2 aromatic rings. The molecule has 0 bridgehead atoms. The van der Waals surface area contributed by atoms with Crippen molar-refractivity contribution in [3.8, 4) is 0 Å². The van der Waals surface area contributed by atoms with Crippen LogP contribution in [0, 0.1) is 5.92 Å². The number of hydrogen-bond acceptors (Lipinski definition) is 5. The van der Waals surface area contributed by atoms with Gasteiger partial charge in [-0.05, 0) is 42.7 Å². The van der Waals surface area contributed by atoms with Gasteiger partial charge >= 0.3 is 0 Å². The highest BCUT2D eigenvalue weighted by Crippen LogP contribution is 2.18. The summed E-state index contributed by atoms with van der Waals surface area (Å²) < 4.78 is 0. The number of carbonyl (C=O) groups is 1. The van der Waals surface area contributed by atoms with Crippen LogP contribution in [-0.2, 0) is 4.79 Å². The standard InChI is InChI=1S/C17H23N5O/c1-12(2)8-10-18-17-19-11-9-16(22-17)21-15-6-4-14(5-7-15)20-13(3)23/h4-7,9,11-12H,8,10H2,1-3H3,(H,20,23)(H2,18,19,21,22). The summed E-state index contributed by atoms with van der Waals surface area (Å²) in [4.78, 5) is 19.7. The Hall–Kier alpha value is -2.63. The van der Waals surface area contributed by atoms with Gasteiger partial charge in [-0.15, -0.1) is 0 Å². The number of benzene rings is 1. The van der Waals surface area contributed by atoms with Gasteiger partial charge < -0.3 is 16.0 Å². The van der Waals surface area contributed by atoms with E-state index in [-0.39, 0.29) is 5.91 Å². The van der Waals surface area contributed by atoms with E-state index in [0.29, 0.717) is 11.9 Å². The van der Waals surface area contributed by atoms with Crippen LogP contribution >= 0.6 is 0 Å². The first-order valence-corrected chi connectivity index (χ1v) is 7.74. The molecule has 6 nitrogen and oxygen atoms in total. The number of anilines is 4.